The molecule has 0 aliphatic carbocycles. The standard InChI is InChI=1S/C15H18N2O3S/c1-9-6-17-15(21-9)10(2)16-7-12(18)11-3-4-13-14(5-11)20-8-19-13/h3-6,10,12,16,18H,7-8H2,1-2H3. The van der Waals surface area contributed by atoms with Gasteiger partial charge in [0.15, 0.2) is 11.5 Å². The van der Waals surface area contributed by atoms with Gasteiger partial charge in [0.2, 0.25) is 6.79 Å². The van der Waals surface area contributed by atoms with E-state index in [-0.39, 0.29) is 12.8 Å². The predicted octanol–water partition coefficient (Wildman–Crippen LogP) is 2.56. The molecule has 0 fully saturated rings. The summed E-state index contributed by atoms with van der Waals surface area (Å²) in [5.41, 5.74) is 0.814. The lowest BCUT2D eigenvalue weighted by Crippen LogP contribution is -2.24. The SMILES string of the molecule is Cc1cnc(C(C)NCC(O)c2ccc3c(c2)OCO3)s1. The number of hydrogen-bond acceptors (Lipinski definition) is 6. The van der Waals surface area contributed by atoms with E-state index in [0.29, 0.717) is 12.3 Å². The third-order valence-corrected chi connectivity index (χ3v) is 4.50. The van der Waals surface area contributed by atoms with Gasteiger partial charge in [-0.3, -0.25) is 0 Å². The Morgan fingerprint density at radius 2 is 2.19 bits per heavy atom. The van der Waals surface area contributed by atoms with Crippen molar-refractivity contribution in [2.75, 3.05) is 13.3 Å². The monoisotopic (exact) mass is 306 g/mol. The minimum Gasteiger partial charge on any atom is -0.454 e. The molecule has 2 atom stereocenters. The molecule has 1 aliphatic heterocycles. The highest BCUT2D eigenvalue weighted by atomic mass is 32.1. The molecule has 0 saturated carbocycles. The zero-order valence-electron chi connectivity index (χ0n) is 12.0. The fourth-order valence-corrected chi connectivity index (χ4v) is 2.99. The van der Waals surface area contributed by atoms with Crippen LogP contribution in [0.5, 0.6) is 11.5 Å². The van der Waals surface area contributed by atoms with E-state index in [9.17, 15) is 5.11 Å². The fourth-order valence-electron chi connectivity index (χ4n) is 2.19. The average Bonchev–Trinajstić information content (AvgIpc) is 3.12. The summed E-state index contributed by atoms with van der Waals surface area (Å²) in [5.74, 6) is 1.42. The normalized spacial score (nSPS) is 16.0. The highest BCUT2D eigenvalue weighted by molar-refractivity contribution is 7.11. The van der Waals surface area contributed by atoms with Gasteiger partial charge in [0.1, 0.15) is 5.01 Å². The summed E-state index contributed by atoms with van der Waals surface area (Å²) >= 11 is 1.67. The van der Waals surface area contributed by atoms with Gasteiger partial charge >= 0.3 is 0 Å². The second kappa shape index (κ2) is 6.01. The lowest BCUT2D eigenvalue weighted by atomic mass is 10.1. The number of ether oxygens (including phenoxy) is 2. The van der Waals surface area contributed by atoms with Crippen molar-refractivity contribution in [2.24, 2.45) is 0 Å². The fraction of sp³-hybridized carbons (Fsp3) is 0.400. The number of aliphatic hydroxyl groups is 1. The van der Waals surface area contributed by atoms with E-state index in [1.807, 2.05) is 38.2 Å². The zero-order valence-corrected chi connectivity index (χ0v) is 12.8. The summed E-state index contributed by atoms with van der Waals surface area (Å²) < 4.78 is 10.6. The number of nitrogens with zero attached hydrogens (tertiary/aromatic N) is 1. The lowest BCUT2D eigenvalue weighted by Gasteiger charge is -2.16. The van der Waals surface area contributed by atoms with Gasteiger partial charge in [-0.25, -0.2) is 4.98 Å². The van der Waals surface area contributed by atoms with Crippen LogP contribution in [0.1, 0.15) is 34.5 Å². The van der Waals surface area contributed by atoms with Crippen molar-refractivity contribution < 1.29 is 14.6 Å². The van der Waals surface area contributed by atoms with Crippen molar-refractivity contribution in [1.29, 1.82) is 0 Å². The molecule has 5 nitrogen and oxygen atoms in total. The van der Waals surface area contributed by atoms with E-state index in [0.717, 1.165) is 16.3 Å². The zero-order chi connectivity index (χ0) is 14.8. The number of nitrogens with one attached hydrogen (secondary N) is 1. The molecular weight excluding hydrogens is 288 g/mol. The van der Waals surface area contributed by atoms with Crippen molar-refractivity contribution >= 4 is 11.3 Å². The molecule has 1 aromatic heterocycles. The Labute approximate surface area is 127 Å². The molecule has 1 aromatic carbocycles. The Morgan fingerprint density at radius 3 is 2.95 bits per heavy atom. The number of benzene rings is 1. The van der Waals surface area contributed by atoms with Crippen LogP contribution in [0.25, 0.3) is 0 Å². The molecule has 2 heterocycles. The first-order valence-electron chi connectivity index (χ1n) is 6.87. The maximum atomic E-state index is 10.3. The number of aliphatic hydroxyl groups excluding tert-OH is 1. The van der Waals surface area contributed by atoms with Gasteiger partial charge in [-0.1, -0.05) is 6.07 Å². The number of fused-ring (bicyclic) bond motifs is 1. The quantitative estimate of drug-likeness (QED) is 0.889. The maximum Gasteiger partial charge on any atom is 0.231 e. The van der Waals surface area contributed by atoms with Crippen molar-refractivity contribution in [3.05, 3.63) is 39.8 Å². The Bertz CT molecular complexity index is 629. The van der Waals surface area contributed by atoms with Crippen LogP contribution < -0.4 is 14.8 Å². The van der Waals surface area contributed by atoms with E-state index < -0.39 is 6.10 Å². The summed E-state index contributed by atoms with van der Waals surface area (Å²) in [7, 11) is 0. The summed E-state index contributed by atoms with van der Waals surface area (Å²) in [6.07, 6.45) is 1.27. The highest BCUT2D eigenvalue weighted by Gasteiger charge is 2.17. The second-order valence-electron chi connectivity index (χ2n) is 5.07. The van der Waals surface area contributed by atoms with E-state index >= 15 is 0 Å². The van der Waals surface area contributed by atoms with Crippen LogP contribution >= 0.6 is 11.3 Å². The van der Waals surface area contributed by atoms with Crippen molar-refractivity contribution in [2.45, 2.75) is 26.0 Å². The van der Waals surface area contributed by atoms with Gasteiger partial charge in [0, 0.05) is 17.6 Å². The van der Waals surface area contributed by atoms with Crippen LogP contribution in [0, 0.1) is 6.92 Å². The van der Waals surface area contributed by atoms with Gasteiger partial charge in [-0.15, -0.1) is 11.3 Å². The van der Waals surface area contributed by atoms with Gasteiger partial charge in [0.05, 0.1) is 12.1 Å². The van der Waals surface area contributed by atoms with E-state index in [4.69, 9.17) is 9.47 Å². The molecule has 2 N–H and O–H groups in total. The van der Waals surface area contributed by atoms with Crippen LogP contribution in [0.2, 0.25) is 0 Å². The van der Waals surface area contributed by atoms with Crippen LogP contribution in [0.3, 0.4) is 0 Å². The third kappa shape index (κ3) is 3.18. The number of aromatic nitrogens is 1. The first kappa shape index (κ1) is 14.3. The Hall–Kier alpha value is -1.63. The van der Waals surface area contributed by atoms with Crippen molar-refractivity contribution in [3.63, 3.8) is 0 Å². The Morgan fingerprint density at radius 1 is 1.38 bits per heavy atom. The minimum atomic E-state index is -0.594. The van der Waals surface area contributed by atoms with E-state index in [2.05, 4.69) is 10.3 Å². The number of rotatable bonds is 5. The third-order valence-electron chi connectivity index (χ3n) is 3.41. The van der Waals surface area contributed by atoms with E-state index in [1.165, 1.54) is 4.88 Å². The Balaban J connectivity index is 1.60. The van der Waals surface area contributed by atoms with Gasteiger partial charge in [-0.05, 0) is 31.5 Å². The van der Waals surface area contributed by atoms with Crippen LogP contribution in [-0.2, 0) is 0 Å². The van der Waals surface area contributed by atoms with Crippen molar-refractivity contribution in [1.82, 2.24) is 10.3 Å². The maximum absolute atomic E-state index is 10.3. The molecule has 2 aromatic rings. The largest absolute Gasteiger partial charge is 0.454 e. The highest BCUT2D eigenvalue weighted by Crippen LogP contribution is 2.34. The van der Waals surface area contributed by atoms with E-state index in [1.54, 1.807) is 11.3 Å². The molecule has 112 valence electrons. The first-order valence-corrected chi connectivity index (χ1v) is 7.68. The van der Waals surface area contributed by atoms with Gasteiger partial charge in [0.25, 0.3) is 0 Å². The van der Waals surface area contributed by atoms with Crippen molar-refractivity contribution in [3.8, 4) is 11.5 Å². The van der Waals surface area contributed by atoms with Crippen LogP contribution in [0.15, 0.2) is 24.4 Å². The lowest BCUT2D eigenvalue weighted by molar-refractivity contribution is 0.168. The molecule has 2 unspecified atom stereocenters. The summed E-state index contributed by atoms with van der Waals surface area (Å²) in [6, 6.07) is 5.63. The predicted molar refractivity (Wildman–Crippen MR) is 80.8 cm³/mol. The Kier molecular flexibility index (Phi) is 4.10. The summed E-state index contributed by atoms with van der Waals surface area (Å²) in [6.45, 7) is 4.78. The van der Waals surface area contributed by atoms with Crippen LogP contribution in [0.4, 0.5) is 0 Å². The number of hydrogen-bond donors (Lipinski definition) is 2. The summed E-state index contributed by atoms with van der Waals surface area (Å²) in [4.78, 5) is 5.54. The number of thiazole rings is 1. The molecule has 0 amide bonds. The smallest absolute Gasteiger partial charge is 0.231 e. The van der Waals surface area contributed by atoms with Crippen LogP contribution in [-0.4, -0.2) is 23.4 Å². The average molecular weight is 306 g/mol. The molecule has 6 heteroatoms. The second-order valence-corrected chi connectivity index (χ2v) is 6.33. The molecule has 0 radical (unpaired) electrons. The topological polar surface area (TPSA) is 63.6 Å². The molecule has 0 saturated heterocycles. The minimum absolute atomic E-state index is 0.118. The summed E-state index contributed by atoms with van der Waals surface area (Å²) in [5, 5.41) is 14.6. The molecule has 0 bridgehead atoms. The molecule has 1 aliphatic rings. The first-order chi connectivity index (χ1) is 10.1. The molecule has 21 heavy (non-hydrogen) atoms. The number of aryl methyl sites for hydroxylation is 1. The molecule has 0 spiro atoms. The van der Waals surface area contributed by atoms with Gasteiger partial charge in [-0.2, -0.15) is 0 Å². The molecular formula is C15H18N2O3S. The molecule has 3 rings (SSSR count). The van der Waals surface area contributed by atoms with Gasteiger partial charge < -0.3 is 19.9 Å².